The van der Waals surface area contributed by atoms with Crippen LogP contribution in [0.5, 0.6) is 0 Å². The van der Waals surface area contributed by atoms with Crippen LogP contribution in [0.3, 0.4) is 0 Å². The second kappa shape index (κ2) is 7.17. The van der Waals surface area contributed by atoms with Gasteiger partial charge in [-0.15, -0.1) is 0 Å². The summed E-state index contributed by atoms with van der Waals surface area (Å²) >= 11 is 0. The van der Waals surface area contributed by atoms with Gasteiger partial charge in [-0.3, -0.25) is 14.0 Å². The van der Waals surface area contributed by atoms with Crippen LogP contribution in [0.4, 0.5) is 4.39 Å². The minimum absolute atomic E-state index is 0.0152. The molecule has 2 unspecified atom stereocenters. The molecule has 15 heavy (non-hydrogen) atoms. The van der Waals surface area contributed by atoms with Gasteiger partial charge in [-0.2, -0.15) is 0 Å². The Bertz CT molecular complexity index is 222. The molecule has 5 nitrogen and oxygen atoms in total. The number of carboxylic acids is 2. The number of rotatable bonds is 8. The van der Waals surface area contributed by atoms with Gasteiger partial charge in [0.15, 0.2) is 0 Å². The van der Waals surface area contributed by atoms with Gasteiger partial charge in [-0.25, -0.2) is 0 Å². The molecule has 6 heteroatoms. The number of carboxylic acid groups (broad SMARTS) is 2. The van der Waals surface area contributed by atoms with Crippen molar-refractivity contribution in [2.75, 3.05) is 6.67 Å². The van der Waals surface area contributed by atoms with E-state index in [1.54, 1.807) is 0 Å². The first kappa shape index (κ1) is 13.8. The molecule has 0 aromatic rings. The molecule has 0 aromatic heterocycles. The summed E-state index contributed by atoms with van der Waals surface area (Å²) in [5.74, 6) is -2.86. The van der Waals surface area contributed by atoms with E-state index in [0.29, 0.717) is 19.3 Å². The van der Waals surface area contributed by atoms with Crippen LogP contribution in [-0.2, 0) is 9.59 Å². The Morgan fingerprint density at radius 1 is 1.27 bits per heavy atom. The fourth-order valence-electron chi connectivity index (χ4n) is 1.24. The first-order chi connectivity index (χ1) is 6.99. The van der Waals surface area contributed by atoms with Gasteiger partial charge in [-0.05, 0) is 12.8 Å². The minimum atomic E-state index is -1.23. The van der Waals surface area contributed by atoms with E-state index in [1.165, 1.54) is 0 Å². The van der Waals surface area contributed by atoms with Crippen molar-refractivity contribution in [2.45, 2.75) is 31.7 Å². The van der Waals surface area contributed by atoms with E-state index in [-0.39, 0.29) is 6.42 Å². The first-order valence-electron chi connectivity index (χ1n) is 4.75. The molecular weight excluding hydrogens is 204 g/mol. The predicted octanol–water partition coefficient (Wildman–Crippen LogP) is 0.629. The van der Waals surface area contributed by atoms with Crippen molar-refractivity contribution < 1.29 is 24.2 Å². The number of nitrogens with two attached hydrogens (primary N) is 1. The zero-order chi connectivity index (χ0) is 11.8. The second-order valence-electron chi connectivity index (χ2n) is 3.42. The number of halogens is 1. The summed E-state index contributed by atoms with van der Waals surface area (Å²) in [5.41, 5.74) is 5.26. The molecular formula is C9H16FNO4. The monoisotopic (exact) mass is 220 g/mol. The zero-order valence-corrected chi connectivity index (χ0v) is 8.36. The van der Waals surface area contributed by atoms with Gasteiger partial charge in [0, 0.05) is 12.3 Å². The highest BCUT2D eigenvalue weighted by molar-refractivity contribution is 5.73. The minimum Gasteiger partial charge on any atom is -0.481 e. The third-order valence-corrected chi connectivity index (χ3v) is 2.21. The lowest BCUT2D eigenvalue weighted by Gasteiger charge is -2.16. The Kier molecular flexibility index (Phi) is 6.61. The van der Waals surface area contributed by atoms with Crippen LogP contribution in [-0.4, -0.2) is 34.9 Å². The van der Waals surface area contributed by atoms with E-state index in [1.807, 2.05) is 0 Å². The van der Waals surface area contributed by atoms with Gasteiger partial charge >= 0.3 is 11.9 Å². The summed E-state index contributed by atoms with van der Waals surface area (Å²) in [6.45, 7) is -0.791. The van der Waals surface area contributed by atoms with Crippen molar-refractivity contribution in [2.24, 2.45) is 11.7 Å². The van der Waals surface area contributed by atoms with Crippen LogP contribution >= 0.6 is 0 Å². The molecule has 0 aromatic carbocycles. The molecule has 0 aliphatic carbocycles. The lowest BCUT2D eigenvalue weighted by Crippen LogP contribution is -2.39. The van der Waals surface area contributed by atoms with Gasteiger partial charge < -0.3 is 15.9 Å². The van der Waals surface area contributed by atoms with E-state index in [2.05, 4.69) is 0 Å². The van der Waals surface area contributed by atoms with Gasteiger partial charge in [0.2, 0.25) is 0 Å². The number of hydrogen-bond donors (Lipinski definition) is 3. The highest BCUT2D eigenvalue weighted by atomic mass is 18.2. The summed E-state index contributed by atoms with van der Waals surface area (Å²) in [6, 6.07) is -1.21. The molecule has 0 spiro atoms. The van der Waals surface area contributed by atoms with Crippen LogP contribution in [0.15, 0.2) is 0 Å². The highest BCUT2D eigenvalue weighted by Gasteiger charge is 2.23. The van der Waals surface area contributed by atoms with Crippen LogP contribution < -0.4 is 5.73 Å². The Morgan fingerprint density at radius 3 is 2.27 bits per heavy atom. The Morgan fingerprint density at radius 2 is 1.87 bits per heavy atom. The number of unbranched alkanes of at least 4 members (excludes halogenated alkanes) is 1. The molecule has 0 rings (SSSR count). The first-order valence-corrected chi connectivity index (χ1v) is 4.75. The van der Waals surface area contributed by atoms with Crippen LogP contribution in [0.25, 0.3) is 0 Å². The SMILES string of the molecule is NC(C(=O)O)C(C[18F])CCCCC(=O)O. The lowest BCUT2D eigenvalue weighted by atomic mass is 9.95. The zero-order valence-electron chi connectivity index (χ0n) is 8.36. The average Bonchev–Trinajstić information content (AvgIpc) is 2.16. The largest absolute Gasteiger partial charge is 0.481 e. The Hall–Kier alpha value is -1.17. The second-order valence-corrected chi connectivity index (χ2v) is 3.42. The van der Waals surface area contributed by atoms with Crippen molar-refractivity contribution in [3.8, 4) is 0 Å². The third kappa shape index (κ3) is 6.01. The number of carbonyl (C=O) groups is 2. The van der Waals surface area contributed by atoms with E-state index in [0.717, 1.165) is 0 Å². The fourth-order valence-corrected chi connectivity index (χ4v) is 1.24. The van der Waals surface area contributed by atoms with E-state index >= 15 is 0 Å². The van der Waals surface area contributed by atoms with Crippen molar-refractivity contribution in [3.05, 3.63) is 0 Å². The van der Waals surface area contributed by atoms with E-state index in [9.17, 15) is 14.0 Å². The Labute approximate surface area is 87.1 Å². The summed E-state index contributed by atoms with van der Waals surface area (Å²) in [7, 11) is 0. The average molecular weight is 220 g/mol. The Balaban J connectivity index is 3.80. The lowest BCUT2D eigenvalue weighted by molar-refractivity contribution is -0.140. The van der Waals surface area contributed by atoms with Crippen molar-refractivity contribution >= 4 is 11.9 Å². The van der Waals surface area contributed by atoms with Gasteiger partial charge in [0.1, 0.15) is 6.04 Å². The van der Waals surface area contributed by atoms with Crippen LogP contribution in [0, 0.1) is 5.92 Å². The van der Waals surface area contributed by atoms with Gasteiger partial charge in [0.25, 0.3) is 0 Å². The third-order valence-electron chi connectivity index (χ3n) is 2.21. The number of aliphatic carboxylic acids is 2. The normalized spacial score (nSPS) is 14.5. The maximum Gasteiger partial charge on any atom is 0.320 e. The van der Waals surface area contributed by atoms with Crippen molar-refractivity contribution in [1.29, 1.82) is 0 Å². The molecule has 0 saturated heterocycles. The molecule has 0 heterocycles. The summed E-state index contributed by atoms with van der Waals surface area (Å²) in [5, 5.41) is 16.9. The molecule has 0 radical (unpaired) electrons. The van der Waals surface area contributed by atoms with Crippen LogP contribution in [0.1, 0.15) is 25.7 Å². The quantitative estimate of drug-likeness (QED) is 0.521. The molecule has 0 bridgehead atoms. The number of hydrogen-bond acceptors (Lipinski definition) is 3. The summed E-state index contributed by atoms with van der Waals surface area (Å²) < 4.78 is 12.4. The highest BCUT2D eigenvalue weighted by Crippen LogP contribution is 2.14. The molecule has 2 atom stereocenters. The van der Waals surface area contributed by atoms with Gasteiger partial charge in [0.05, 0.1) is 6.67 Å². The maximum atomic E-state index is 12.4. The molecule has 0 aliphatic rings. The molecule has 0 fully saturated rings. The molecule has 0 saturated carbocycles. The summed E-state index contributed by atoms with van der Waals surface area (Å²) in [4.78, 5) is 20.6. The van der Waals surface area contributed by atoms with Crippen molar-refractivity contribution in [3.63, 3.8) is 0 Å². The summed E-state index contributed by atoms with van der Waals surface area (Å²) in [6.07, 6.45) is 1.21. The van der Waals surface area contributed by atoms with E-state index < -0.39 is 30.6 Å². The van der Waals surface area contributed by atoms with Gasteiger partial charge in [-0.1, -0.05) is 6.42 Å². The van der Waals surface area contributed by atoms with E-state index in [4.69, 9.17) is 15.9 Å². The molecule has 4 N–H and O–H groups in total. The van der Waals surface area contributed by atoms with Crippen LogP contribution in [0.2, 0.25) is 0 Å². The maximum absolute atomic E-state index is 12.4. The fraction of sp³-hybridized carbons (Fsp3) is 0.778. The smallest absolute Gasteiger partial charge is 0.320 e. The standard InChI is InChI=1S/C9H16FNO4/c10-5-6(8(11)9(14)15)3-1-2-4-7(12)13/h6,8H,1-5,11H2,(H,12,13)(H,14,15)/i10-1. The molecule has 88 valence electrons. The number of alkyl halides is 1. The van der Waals surface area contributed by atoms with Crippen molar-refractivity contribution in [1.82, 2.24) is 0 Å². The molecule has 0 aliphatic heterocycles. The topological polar surface area (TPSA) is 101 Å². The predicted molar refractivity (Wildman–Crippen MR) is 51.2 cm³/mol. The molecule has 0 amide bonds.